The van der Waals surface area contributed by atoms with Crippen LogP contribution in [0.3, 0.4) is 0 Å². The third-order valence-corrected chi connectivity index (χ3v) is 5.90. The van der Waals surface area contributed by atoms with E-state index in [4.69, 9.17) is 0 Å². The van der Waals surface area contributed by atoms with E-state index in [9.17, 15) is 9.59 Å². The number of hydrogen-bond donors (Lipinski definition) is 2. The molecule has 1 aliphatic rings. The lowest BCUT2D eigenvalue weighted by molar-refractivity contribution is -0.118. The molecule has 1 aliphatic heterocycles. The molecule has 2 heterocycles. The van der Waals surface area contributed by atoms with E-state index in [1.54, 1.807) is 16.8 Å². The number of rotatable bonds is 3. The largest absolute Gasteiger partial charge is 0.339 e. The summed E-state index contributed by atoms with van der Waals surface area (Å²) in [5.41, 5.74) is 4.50. The van der Waals surface area contributed by atoms with Crippen molar-refractivity contribution in [3.8, 4) is 0 Å². The topological polar surface area (TPSA) is 76.0 Å². The first-order chi connectivity index (χ1) is 14.7. The monoisotopic (exact) mass is 416 g/mol. The van der Waals surface area contributed by atoms with Crippen LogP contribution >= 0.6 is 0 Å². The zero-order valence-electron chi connectivity index (χ0n) is 18.6. The van der Waals surface area contributed by atoms with Crippen LogP contribution < -0.4 is 10.6 Å². The van der Waals surface area contributed by atoms with Gasteiger partial charge in [-0.25, -0.2) is 0 Å². The lowest BCUT2D eigenvalue weighted by Gasteiger charge is -2.33. The number of amides is 2. The molecule has 160 valence electrons. The van der Waals surface area contributed by atoms with Crippen LogP contribution in [0.15, 0.2) is 54.6 Å². The van der Waals surface area contributed by atoms with E-state index in [2.05, 4.69) is 60.8 Å². The predicted molar refractivity (Wildman–Crippen MR) is 121 cm³/mol. The van der Waals surface area contributed by atoms with E-state index in [1.807, 2.05) is 32.2 Å². The summed E-state index contributed by atoms with van der Waals surface area (Å²) in [5, 5.41) is 10.4. The highest BCUT2D eigenvalue weighted by atomic mass is 16.2. The van der Waals surface area contributed by atoms with Crippen LogP contribution in [-0.4, -0.2) is 27.6 Å². The third kappa shape index (κ3) is 3.85. The maximum absolute atomic E-state index is 13.1. The predicted octanol–water partition coefficient (Wildman–Crippen LogP) is 3.91. The molecule has 2 amide bonds. The minimum atomic E-state index is -0.747. The maximum Gasteiger partial charge on any atom is 0.251 e. The Kier molecular flexibility index (Phi) is 5.17. The Hall–Kier alpha value is -3.41. The first-order valence-electron chi connectivity index (χ1n) is 10.5. The molecule has 0 fully saturated rings. The standard InChI is InChI=1S/C25H28N4O2/c1-15-19-20(16-11-13-18(14-12-16)25(2,3)4)21(24(31)27-22(19)29(5)28-15)26-23(30)17-9-7-6-8-10-17/h6-14,20-21H,1-5H3,(H,26,30)(H,27,31)/t20-,21+/m0/s1. The smallest absolute Gasteiger partial charge is 0.251 e. The van der Waals surface area contributed by atoms with Crippen LogP contribution in [0.5, 0.6) is 0 Å². The minimum absolute atomic E-state index is 0.0266. The fourth-order valence-corrected chi connectivity index (χ4v) is 4.22. The highest BCUT2D eigenvalue weighted by molar-refractivity contribution is 6.03. The number of aryl methyl sites for hydroxylation is 2. The number of aromatic nitrogens is 2. The van der Waals surface area contributed by atoms with Gasteiger partial charge < -0.3 is 10.6 Å². The Morgan fingerprint density at radius 1 is 1.06 bits per heavy atom. The van der Waals surface area contributed by atoms with Gasteiger partial charge in [-0.2, -0.15) is 5.10 Å². The van der Waals surface area contributed by atoms with Gasteiger partial charge in [0.2, 0.25) is 5.91 Å². The number of nitrogens with zero attached hydrogens (tertiary/aromatic N) is 2. The van der Waals surface area contributed by atoms with Gasteiger partial charge in [0.15, 0.2) is 0 Å². The Bertz CT molecular complexity index is 1120. The lowest BCUT2D eigenvalue weighted by atomic mass is 9.80. The van der Waals surface area contributed by atoms with Gasteiger partial charge >= 0.3 is 0 Å². The number of fused-ring (bicyclic) bond motifs is 1. The second-order valence-corrected chi connectivity index (χ2v) is 9.13. The molecule has 31 heavy (non-hydrogen) atoms. The number of carbonyl (C=O) groups is 2. The van der Waals surface area contributed by atoms with Gasteiger partial charge in [-0.3, -0.25) is 14.3 Å². The van der Waals surface area contributed by atoms with Crippen molar-refractivity contribution in [1.29, 1.82) is 0 Å². The summed E-state index contributed by atoms with van der Waals surface area (Å²) in [6.07, 6.45) is 0. The number of nitrogens with one attached hydrogen (secondary N) is 2. The lowest BCUT2D eigenvalue weighted by Crippen LogP contribution is -2.50. The maximum atomic E-state index is 13.1. The molecule has 0 radical (unpaired) electrons. The zero-order chi connectivity index (χ0) is 22.3. The van der Waals surface area contributed by atoms with Crippen LogP contribution in [0.1, 0.15) is 59.4 Å². The van der Waals surface area contributed by atoms with Gasteiger partial charge in [0.1, 0.15) is 11.9 Å². The van der Waals surface area contributed by atoms with Crippen molar-refractivity contribution < 1.29 is 9.59 Å². The van der Waals surface area contributed by atoms with Crippen molar-refractivity contribution in [2.45, 2.75) is 45.1 Å². The Labute approximate surface area is 182 Å². The minimum Gasteiger partial charge on any atom is -0.339 e. The molecule has 2 atom stereocenters. The summed E-state index contributed by atoms with van der Waals surface area (Å²) in [6, 6.07) is 16.5. The van der Waals surface area contributed by atoms with Crippen molar-refractivity contribution in [3.05, 3.63) is 82.5 Å². The average molecular weight is 417 g/mol. The number of benzene rings is 2. The van der Waals surface area contributed by atoms with E-state index in [1.165, 1.54) is 5.56 Å². The molecule has 2 N–H and O–H groups in total. The molecule has 6 heteroatoms. The van der Waals surface area contributed by atoms with Crippen molar-refractivity contribution in [2.75, 3.05) is 5.32 Å². The molecule has 0 bridgehead atoms. The fourth-order valence-electron chi connectivity index (χ4n) is 4.22. The summed E-state index contributed by atoms with van der Waals surface area (Å²) >= 11 is 0. The molecular formula is C25H28N4O2. The molecule has 0 unspecified atom stereocenters. The van der Waals surface area contributed by atoms with Crippen molar-refractivity contribution in [1.82, 2.24) is 15.1 Å². The molecule has 0 saturated heterocycles. The first kappa shape index (κ1) is 20.8. The summed E-state index contributed by atoms with van der Waals surface area (Å²) in [7, 11) is 1.81. The van der Waals surface area contributed by atoms with Gasteiger partial charge in [0, 0.05) is 24.1 Å². The molecule has 0 spiro atoms. The summed E-state index contributed by atoms with van der Waals surface area (Å²) in [4.78, 5) is 26.0. The van der Waals surface area contributed by atoms with Crippen molar-refractivity contribution in [3.63, 3.8) is 0 Å². The zero-order valence-corrected chi connectivity index (χ0v) is 18.6. The first-order valence-corrected chi connectivity index (χ1v) is 10.5. The van der Waals surface area contributed by atoms with Crippen molar-refractivity contribution in [2.24, 2.45) is 7.05 Å². The average Bonchev–Trinajstić information content (AvgIpc) is 3.01. The van der Waals surface area contributed by atoms with E-state index < -0.39 is 6.04 Å². The molecular weight excluding hydrogens is 388 g/mol. The third-order valence-electron chi connectivity index (χ3n) is 5.90. The molecule has 1 aromatic heterocycles. The number of anilines is 1. The molecule has 0 aliphatic carbocycles. The van der Waals surface area contributed by atoms with Crippen molar-refractivity contribution >= 4 is 17.6 Å². The molecule has 2 aromatic carbocycles. The summed E-state index contributed by atoms with van der Waals surface area (Å²) in [5.74, 6) is -0.177. The molecule has 3 aromatic rings. The van der Waals surface area contributed by atoms with Gasteiger partial charge in [0.25, 0.3) is 5.91 Å². The SMILES string of the molecule is Cc1nn(C)c2c1[C@H](c1ccc(C(C)(C)C)cc1)[C@@H](NC(=O)c1ccccc1)C(=O)N2. The van der Waals surface area contributed by atoms with Crippen LogP contribution in [-0.2, 0) is 17.3 Å². The Morgan fingerprint density at radius 3 is 2.32 bits per heavy atom. The van der Waals surface area contributed by atoms with Crippen LogP contribution in [0, 0.1) is 6.92 Å². The Balaban J connectivity index is 1.78. The van der Waals surface area contributed by atoms with Gasteiger partial charge in [-0.05, 0) is 35.6 Å². The van der Waals surface area contributed by atoms with Gasteiger partial charge in [-0.1, -0.05) is 63.2 Å². The van der Waals surface area contributed by atoms with E-state index in [-0.39, 0.29) is 23.1 Å². The molecule has 0 saturated carbocycles. The highest BCUT2D eigenvalue weighted by Crippen LogP contribution is 2.39. The number of hydrogen-bond acceptors (Lipinski definition) is 3. The second kappa shape index (κ2) is 7.69. The quantitative estimate of drug-likeness (QED) is 0.680. The number of carbonyl (C=O) groups excluding carboxylic acids is 2. The molecule has 6 nitrogen and oxygen atoms in total. The highest BCUT2D eigenvalue weighted by Gasteiger charge is 2.41. The van der Waals surface area contributed by atoms with Gasteiger partial charge in [-0.15, -0.1) is 0 Å². The Morgan fingerprint density at radius 2 is 1.71 bits per heavy atom. The van der Waals surface area contributed by atoms with Crippen LogP contribution in [0.4, 0.5) is 5.82 Å². The van der Waals surface area contributed by atoms with E-state index in [0.29, 0.717) is 11.4 Å². The van der Waals surface area contributed by atoms with E-state index in [0.717, 1.165) is 16.8 Å². The van der Waals surface area contributed by atoms with E-state index >= 15 is 0 Å². The normalized spacial score (nSPS) is 18.3. The summed E-state index contributed by atoms with van der Waals surface area (Å²) in [6.45, 7) is 8.44. The fraction of sp³-hybridized carbons (Fsp3) is 0.320. The van der Waals surface area contributed by atoms with Crippen LogP contribution in [0.2, 0.25) is 0 Å². The second-order valence-electron chi connectivity index (χ2n) is 9.13. The molecule has 4 rings (SSSR count). The van der Waals surface area contributed by atoms with Crippen LogP contribution in [0.25, 0.3) is 0 Å². The summed E-state index contributed by atoms with van der Waals surface area (Å²) < 4.78 is 1.69. The van der Waals surface area contributed by atoms with Gasteiger partial charge in [0.05, 0.1) is 5.69 Å².